The first-order valence-electron chi connectivity index (χ1n) is 3.57. The minimum Gasteiger partial charge on any atom is -0.496 e. The molecule has 0 fully saturated rings. The Balaban J connectivity index is 3.29. The van der Waals surface area contributed by atoms with Gasteiger partial charge in [-0.1, -0.05) is 0 Å². The lowest BCUT2D eigenvalue weighted by Gasteiger charge is -2.07. The van der Waals surface area contributed by atoms with Crippen molar-refractivity contribution in [3.8, 4) is 11.6 Å². The lowest BCUT2D eigenvalue weighted by atomic mass is 10.2. The fourth-order valence-electron chi connectivity index (χ4n) is 0.978. The summed E-state index contributed by atoms with van der Waals surface area (Å²) in [4.78, 5) is 14.8. The van der Waals surface area contributed by atoms with Crippen LogP contribution in [-0.2, 0) is 0 Å². The van der Waals surface area contributed by atoms with Gasteiger partial charge in [0.05, 0.1) is 14.2 Å². The zero-order chi connectivity index (χ0) is 9.84. The van der Waals surface area contributed by atoms with Gasteiger partial charge in [-0.15, -0.1) is 0 Å². The van der Waals surface area contributed by atoms with Crippen molar-refractivity contribution in [2.24, 2.45) is 5.73 Å². The molecule has 1 rings (SSSR count). The Labute approximate surface area is 75.5 Å². The van der Waals surface area contributed by atoms with E-state index in [1.807, 2.05) is 0 Å². The van der Waals surface area contributed by atoms with Crippen molar-refractivity contribution >= 4 is 5.91 Å². The van der Waals surface area contributed by atoms with Crippen molar-refractivity contribution in [3.63, 3.8) is 0 Å². The first-order chi connectivity index (χ1) is 6.20. The van der Waals surface area contributed by atoms with Crippen LogP contribution in [0, 0.1) is 0 Å². The summed E-state index contributed by atoms with van der Waals surface area (Å²) in [5, 5.41) is 0. The van der Waals surface area contributed by atoms with Crippen LogP contribution in [0.2, 0.25) is 0 Å². The number of pyridine rings is 1. The van der Waals surface area contributed by atoms with E-state index in [2.05, 4.69) is 4.98 Å². The summed E-state index contributed by atoms with van der Waals surface area (Å²) in [6.07, 6.45) is 1.48. The first kappa shape index (κ1) is 9.31. The van der Waals surface area contributed by atoms with Crippen LogP contribution in [0.4, 0.5) is 0 Å². The number of aromatic nitrogens is 1. The molecule has 2 N–H and O–H groups in total. The van der Waals surface area contributed by atoms with Crippen LogP contribution in [-0.4, -0.2) is 25.1 Å². The number of rotatable bonds is 3. The molecule has 1 aromatic heterocycles. The number of methoxy groups -OCH3 is 2. The Kier molecular flexibility index (Phi) is 2.69. The molecule has 0 aliphatic rings. The van der Waals surface area contributed by atoms with Crippen molar-refractivity contribution in [1.82, 2.24) is 4.98 Å². The maximum atomic E-state index is 11.0. The fraction of sp³-hybridized carbons (Fsp3) is 0.250. The van der Waals surface area contributed by atoms with Gasteiger partial charge in [-0.25, -0.2) is 4.98 Å². The van der Waals surface area contributed by atoms with Crippen LogP contribution in [0.5, 0.6) is 11.6 Å². The minimum atomic E-state index is -0.623. The van der Waals surface area contributed by atoms with Crippen LogP contribution >= 0.6 is 0 Å². The Morgan fingerprint density at radius 2 is 2.15 bits per heavy atom. The van der Waals surface area contributed by atoms with Crippen LogP contribution < -0.4 is 15.2 Å². The average Bonchev–Trinajstić information content (AvgIpc) is 2.16. The van der Waals surface area contributed by atoms with Crippen LogP contribution in [0.3, 0.4) is 0 Å². The highest BCUT2D eigenvalue weighted by Crippen LogP contribution is 2.24. The second-order valence-electron chi connectivity index (χ2n) is 2.26. The SMILES string of the molecule is COc1ccnc(OC)c1C(N)=O. The molecular formula is C8H10N2O3. The standard InChI is InChI=1S/C8H10N2O3/c1-12-5-3-4-10-8(13-2)6(5)7(9)11/h3-4H,1-2H3,(H2,9,11). The van der Waals surface area contributed by atoms with Gasteiger partial charge in [-0.2, -0.15) is 0 Å². The van der Waals surface area contributed by atoms with Crippen LogP contribution in [0.1, 0.15) is 10.4 Å². The van der Waals surface area contributed by atoms with Gasteiger partial charge in [-0.05, 0) is 6.07 Å². The molecule has 13 heavy (non-hydrogen) atoms. The molecule has 5 nitrogen and oxygen atoms in total. The lowest BCUT2D eigenvalue weighted by Crippen LogP contribution is -2.14. The molecule has 0 atom stereocenters. The smallest absolute Gasteiger partial charge is 0.258 e. The molecule has 70 valence electrons. The summed E-state index contributed by atoms with van der Waals surface area (Å²) in [6.45, 7) is 0. The van der Waals surface area contributed by atoms with E-state index in [4.69, 9.17) is 15.2 Å². The van der Waals surface area contributed by atoms with Crippen molar-refractivity contribution in [1.29, 1.82) is 0 Å². The number of carbonyl (C=O) groups excluding carboxylic acids is 1. The van der Waals surface area contributed by atoms with Crippen molar-refractivity contribution in [2.75, 3.05) is 14.2 Å². The van der Waals surface area contributed by atoms with Gasteiger partial charge in [0.15, 0.2) is 0 Å². The van der Waals surface area contributed by atoms with Gasteiger partial charge in [0, 0.05) is 6.20 Å². The maximum Gasteiger partial charge on any atom is 0.258 e. The molecular weight excluding hydrogens is 172 g/mol. The third-order valence-corrected chi connectivity index (χ3v) is 1.54. The number of primary amides is 1. The lowest BCUT2D eigenvalue weighted by molar-refractivity contribution is 0.0993. The summed E-state index contributed by atoms with van der Waals surface area (Å²) in [5.74, 6) is -0.0898. The largest absolute Gasteiger partial charge is 0.496 e. The van der Waals surface area contributed by atoms with Gasteiger partial charge < -0.3 is 15.2 Å². The van der Waals surface area contributed by atoms with E-state index < -0.39 is 5.91 Å². The predicted molar refractivity (Wildman–Crippen MR) is 45.9 cm³/mol. The number of amides is 1. The van der Waals surface area contributed by atoms with Crippen LogP contribution in [0.15, 0.2) is 12.3 Å². The van der Waals surface area contributed by atoms with E-state index in [1.165, 1.54) is 20.4 Å². The monoisotopic (exact) mass is 182 g/mol. The summed E-state index contributed by atoms with van der Waals surface area (Å²) < 4.78 is 9.79. The molecule has 5 heteroatoms. The van der Waals surface area contributed by atoms with Gasteiger partial charge >= 0.3 is 0 Å². The third-order valence-electron chi connectivity index (χ3n) is 1.54. The van der Waals surface area contributed by atoms with Crippen molar-refractivity contribution in [2.45, 2.75) is 0 Å². The normalized spacial score (nSPS) is 9.38. The molecule has 0 saturated carbocycles. The molecule has 1 heterocycles. The molecule has 0 spiro atoms. The number of ether oxygens (including phenoxy) is 2. The summed E-state index contributed by atoms with van der Waals surface area (Å²) in [6, 6.07) is 1.54. The van der Waals surface area contributed by atoms with E-state index >= 15 is 0 Å². The van der Waals surface area contributed by atoms with Crippen molar-refractivity contribution < 1.29 is 14.3 Å². The summed E-state index contributed by atoms with van der Waals surface area (Å²) in [7, 11) is 2.86. The van der Waals surface area contributed by atoms with Gasteiger partial charge in [0.25, 0.3) is 5.91 Å². The zero-order valence-electron chi connectivity index (χ0n) is 7.40. The van der Waals surface area contributed by atoms with Gasteiger partial charge in [-0.3, -0.25) is 4.79 Å². The molecule has 0 unspecified atom stereocenters. The highest BCUT2D eigenvalue weighted by molar-refractivity contribution is 5.97. The van der Waals surface area contributed by atoms with E-state index in [-0.39, 0.29) is 11.4 Å². The Morgan fingerprint density at radius 1 is 1.46 bits per heavy atom. The molecule has 0 bridgehead atoms. The van der Waals surface area contributed by atoms with E-state index in [1.54, 1.807) is 6.07 Å². The van der Waals surface area contributed by atoms with E-state index in [0.717, 1.165) is 0 Å². The topological polar surface area (TPSA) is 74.4 Å². The molecule has 1 amide bonds. The average molecular weight is 182 g/mol. The number of nitrogens with zero attached hydrogens (tertiary/aromatic N) is 1. The fourth-order valence-corrected chi connectivity index (χ4v) is 0.978. The van der Waals surface area contributed by atoms with Gasteiger partial charge in [0.1, 0.15) is 11.3 Å². The molecule has 0 radical (unpaired) electrons. The zero-order valence-corrected chi connectivity index (χ0v) is 7.40. The quantitative estimate of drug-likeness (QED) is 0.724. The summed E-state index contributed by atoms with van der Waals surface area (Å²) >= 11 is 0. The molecule has 1 aromatic rings. The molecule has 0 aliphatic heterocycles. The van der Waals surface area contributed by atoms with Gasteiger partial charge in [0.2, 0.25) is 5.88 Å². The van der Waals surface area contributed by atoms with E-state index in [0.29, 0.717) is 5.75 Å². The Bertz CT molecular complexity index is 303. The first-order valence-corrected chi connectivity index (χ1v) is 3.57. The number of carbonyl (C=O) groups is 1. The number of hydrogen-bond donors (Lipinski definition) is 1. The van der Waals surface area contributed by atoms with Crippen LogP contribution in [0.25, 0.3) is 0 Å². The molecule has 0 aliphatic carbocycles. The number of nitrogens with two attached hydrogens (primary N) is 1. The highest BCUT2D eigenvalue weighted by atomic mass is 16.5. The summed E-state index contributed by atoms with van der Waals surface area (Å²) in [5.41, 5.74) is 5.29. The maximum absolute atomic E-state index is 11.0. The van der Waals surface area contributed by atoms with E-state index in [9.17, 15) is 4.79 Å². The second-order valence-corrected chi connectivity index (χ2v) is 2.26. The minimum absolute atomic E-state index is 0.160. The second kappa shape index (κ2) is 3.75. The molecule has 0 aromatic carbocycles. The Hall–Kier alpha value is -1.78. The number of hydrogen-bond acceptors (Lipinski definition) is 4. The third kappa shape index (κ3) is 1.69. The highest BCUT2D eigenvalue weighted by Gasteiger charge is 2.15. The Morgan fingerprint density at radius 3 is 2.62 bits per heavy atom. The molecule has 0 saturated heterocycles. The predicted octanol–water partition coefficient (Wildman–Crippen LogP) is 0.198. The van der Waals surface area contributed by atoms with Crippen molar-refractivity contribution in [3.05, 3.63) is 17.8 Å².